The van der Waals surface area contributed by atoms with Gasteiger partial charge in [-0.2, -0.15) is 0 Å². The number of carbonyl (C=O) groups is 1. The molecule has 6 heteroatoms. The van der Waals surface area contributed by atoms with Gasteiger partial charge in [-0.3, -0.25) is 4.79 Å². The summed E-state index contributed by atoms with van der Waals surface area (Å²) in [5.74, 6) is -1.25. The normalized spacial score (nSPS) is 11.0. The number of para-hydroxylation sites is 2. The van der Waals surface area contributed by atoms with Crippen LogP contribution in [0.3, 0.4) is 0 Å². The van der Waals surface area contributed by atoms with E-state index in [0.29, 0.717) is 16.6 Å². The Morgan fingerprint density at radius 2 is 1.79 bits per heavy atom. The number of anilines is 1. The fraction of sp³-hybridized carbons (Fsp3) is 0.304. The molecule has 6 nitrogen and oxygen atoms in total. The summed E-state index contributed by atoms with van der Waals surface area (Å²) >= 11 is 0. The highest BCUT2D eigenvalue weighted by Crippen LogP contribution is 2.25. The number of fused-ring (bicyclic) bond motifs is 1. The number of nitrogens with zero attached hydrogens (tertiary/aromatic N) is 2. The fourth-order valence-electron chi connectivity index (χ4n) is 3.88. The maximum Gasteiger partial charge on any atom is 0.341 e. The molecule has 0 aliphatic rings. The number of hydrogen-bond donors (Lipinski definition) is 2. The minimum Gasteiger partial charge on any atom is -0.477 e. The van der Waals surface area contributed by atoms with Crippen LogP contribution in [0.1, 0.15) is 35.0 Å². The highest BCUT2D eigenvalue weighted by Gasteiger charge is 2.23. The number of benzene rings is 2. The van der Waals surface area contributed by atoms with Gasteiger partial charge in [-0.25, -0.2) is 4.79 Å². The molecule has 0 fully saturated rings. The Morgan fingerprint density at radius 1 is 1.10 bits per heavy atom. The van der Waals surface area contributed by atoms with Gasteiger partial charge in [0.1, 0.15) is 5.56 Å². The average molecular weight is 394 g/mol. The third kappa shape index (κ3) is 4.03. The number of aromatic carboxylic acids is 1. The van der Waals surface area contributed by atoms with E-state index in [1.54, 1.807) is 22.8 Å². The molecule has 3 aromatic rings. The van der Waals surface area contributed by atoms with Crippen molar-refractivity contribution in [2.24, 2.45) is 0 Å². The monoisotopic (exact) mass is 394 g/mol. The van der Waals surface area contributed by atoms with Crippen LogP contribution in [0, 0.1) is 0 Å². The molecule has 0 amide bonds. The first-order valence-corrected chi connectivity index (χ1v) is 9.77. The van der Waals surface area contributed by atoms with E-state index in [1.807, 2.05) is 37.4 Å². The van der Waals surface area contributed by atoms with E-state index in [4.69, 9.17) is 0 Å². The quantitative estimate of drug-likeness (QED) is 0.613. The van der Waals surface area contributed by atoms with Crippen LogP contribution >= 0.6 is 0 Å². The van der Waals surface area contributed by atoms with Gasteiger partial charge in [0.2, 0.25) is 5.43 Å². The molecule has 0 spiro atoms. The van der Waals surface area contributed by atoms with E-state index in [-0.39, 0.29) is 25.1 Å². The maximum atomic E-state index is 13.0. The van der Waals surface area contributed by atoms with Crippen LogP contribution in [0.15, 0.2) is 53.3 Å². The molecule has 0 bridgehead atoms. The summed E-state index contributed by atoms with van der Waals surface area (Å²) in [5.41, 5.74) is 2.26. The zero-order valence-electron chi connectivity index (χ0n) is 16.8. The first kappa shape index (κ1) is 20.6. The summed E-state index contributed by atoms with van der Waals surface area (Å²) in [4.78, 5) is 27.2. The van der Waals surface area contributed by atoms with E-state index in [2.05, 4.69) is 11.8 Å². The summed E-state index contributed by atoms with van der Waals surface area (Å²) in [5, 5.41) is 19.8. The van der Waals surface area contributed by atoms with Crippen LogP contribution < -0.4 is 10.3 Å². The zero-order valence-corrected chi connectivity index (χ0v) is 16.8. The molecule has 0 unspecified atom stereocenters. The number of pyridine rings is 1. The summed E-state index contributed by atoms with van der Waals surface area (Å²) in [6.45, 7) is 3.02. The number of rotatable bonds is 8. The molecule has 152 valence electrons. The minimum absolute atomic E-state index is 0.156. The number of aliphatic hydroxyl groups is 1. The molecular formula is C23H26N2O4. The minimum atomic E-state index is -1.25. The van der Waals surface area contributed by atoms with Crippen molar-refractivity contribution in [1.29, 1.82) is 0 Å². The van der Waals surface area contributed by atoms with Gasteiger partial charge in [0.05, 0.1) is 12.1 Å². The van der Waals surface area contributed by atoms with Crippen molar-refractivity contribution < 1.29 is 15.0 Å². The van der Waals surface area contributed by atoms with Gasteiger partial charge in [0.15, 0.2) is 0 Å². The number of aromatic nitrogens is 1. The summed E-state index contributed by atoms with van der Waals surface area (Å²) in [7, 11) is 2.00. The topological polar surface area (TPSA) is 82.8 Å². The number of carboxylic acid groups (broad SMARTS) is 1. The lowest BCUT2D eigenvalue weighted by Gasteiger charge is -2.24. The Labute approximate surface area is 169 Å². The first-order valence-electron chi connectivity index (χ1n) is 9.77. The van der Waals surface area contributed by atoms with Crippen molar-refractivity contribution in [2.75, 3.05) is 25.1 Å². The van der Waals surface area contributed by atoms with Gasteiger partial charge in [-0.05, 0) is 30.2 Å². The Hall–Kier alpha value is -3.12. The van der Waals surface area contributed by atoms with Gasteiger partial charge in [-0.1, -0.05) is 37.3 Å². The molecule has 0 aliphatic heterocycles. The second-order valence-corrected chi connectivity index (χ2v) is 7.08. The van der Waals surface area contributed by atoms with Crippen LogP contribution in [0.2, 0.25) is 0 Å². The molecule has 0 saturated carbocycles. The Kier molecular flexibility index (Phi) is 6.34. The molecule has 0 aliphatic carbocycles. The van der Waals surface area contributed by atoms with E-state index < -0.39 is 11.4 Å². The highest BCUT2D eigenvalue weighted by molar-refractivity contribution is 5.94. The van der Waals surface area contributed by atoms with Crippen LogP contribution in [0.4, 0.5) is 5.69 Å². The Bertz CT molecular complexity index is 1090. The van der Waals surface area contributed by atoms with Crippen LogP contribution in [-0.4, -0.2) is 40.9 Å². The molecule has 0 atom stereocenters. The number of aliphatic hydroxyl groups excluding tert-OH is 1. The summed E-state index contributed by atoms with van der Waals surface area (Å²) in [6, 6.07) is 14.8. The molecule has 1 heterocycles. The van der Waals surface area contributed by atoms with Gasteiger partial charge in [0, 0.05) is 43.3 Å². The molecule has 2 N–H and O–H groups in total. The van der Waals surface area contributed by atoms with E-state index in [9.17, 15) is 19.8 Å². The zero-order chi connectivity index (χ0) is 21.0. The van der Waals surface area contributed by atoms with E-state index in [1.165, 1.54) is 0 Å². The van der Waals surface area contributed by atoms with E-state index in [0.717, 1.165) is 24.2 Å². The SMILES string of the molecule is CCCN(C)c1ccccc1Cc1c(C(=O)O)c(=O)c2ccccc2n1CCO. The second kappa shape index (κ2) is 8.92. The Morgan fingerprint density at radius 3 is 2.48 bits per heavy atom. The van der Waals surface area contributed by atoms with Crippen molar-refractivity contribution in [3.63, 3.8) is 0 Å². The Balaban J connectivity index is 2.27. The maximum absolute atomic E-state index is 13.0. The lowest BCUT2D eigenvalue weighted by atomic mass is 9.99. The fourth-order valence-corrected chi connectivity index (χ4v) is 3.88. The van der Waals surface area contributed by atoms with E-state index >= 15 is 0 Å². The third-order valence-corrected chi connectivity index (χ3v) is 5.14. The molecule has 0 saturated heterocycles. The second-order valence-electron chi connectivity index (χ2n) is 7.08. The van der Waals surface area contributed by atoms with Gasteiger partial charge >= 0.3 is 5.97 Å². The van der Waals surface area contributed by atoms with Crippen molar-refractivity contribution in [1.82, 2.24) is 4.57 Å². The molecular weight excluding hydrogens is 368 g/mol. The first-order chi connectivity index (χ1) is 14.0. The van der Waals surface area contributed by atoms with Crippen molar-refractivity contribution in [2.45, 2.75) is 26.3 Å². The lowest BCUT2D eigenvalue weighted by Crippen LogP contribution is -2.26. The van der Waals surface area contributed by atoms with Crippen LogP contribution in [-0.2, 0) is 13.0 Å². The largest absolute Gasteiger partial charge is 0.477 e. The number of hydrogen-bond acceptors (Lipinski definition) is 4. The molecule has 0 radical (unpaired) electrons. The smallest absolute Gasteiger partial charge is 0.341 e. The highest BCUT2D eigenvalue weighted by atomic mass is 16.4. The molecule has 29 heavy (non-hydrogen) atoms. The van der Waals surface area contributed by atoms with Gasteiger partial charge < -0.3 is 19.7 Å². The summed E-state index contributed by atoms with van der Waals surface area (Å²) < 4.78 is 1.76. The van der Waals surface area contributed by atoms with Crippen molar-refractivity contribution in [3.8, 4) is 0 Å². The van der Waals surface area contributed by atoms with Crippen LogP contribution in [0.5, 0.6) is 0 Å². The predicted molar refractivity (Wildman–Crippen MR) is 115 cm³/mol. The van der Waals surface area contributed by atoms with Crippen LogP contribution in [0.25, 0.3) is 10.9 Å². The molecule has 3 rings (SSSR count). The number of carboxylic acids is 1. The van der Waals surface area contributed by atoms with Crippen molar-refractivity contribution >= 4 is 22.6 Å². The predicted octanol–water partition coefficient (Wildman–Crippen LogP) is 3.13. The lowest BCUT2D eigenvalue weighted by molar-refractivity contribution is 0.0693. The van der Waals surface area contributed by atoms with Crippen molar-refractivity contribution in [3.05, 3.63) is 75.6 Å². The third-order valence-electron chi connectivity index (χ3n) is 5.14. The van der Waals surface area contributed by atoms with Gasteiger partial charge in [0.25, 0.3) is 0 Å². The summed E-state index contributed by atoms with van der Waals surface area (Å²) in [6.07, 6.45) is 1.27. The molecule has 2 aromatic carbocycles. The molecule has 1 aromatic heterocycles. The average Bonchev–Trinajstić information content (AvgIpc) is 2.71. The standard InChI is InChI=1S/C23H26N2O4/c1-3-12-24(2)18-10-6-4-8-16(18)15-20-21(23(28)29)22(27)17-9-5-7-11-19(17)25(20)13-14-26/h4-11,26H,3,12-15H2,1-2H3,(H,28,29). The van der Waals surface area contributed by atoms with Gasteiger partial charge in [-0.15, -0.1) is 0 Å².